The first-order chi connectivity index (χ1) is 11.7. The van der Waals surface area contributed by atoms with Crippen LogP contribution in [0.15, 0.2) is 47.8 Å². The highest BCUT2D eigenvalue weighted by Gasteiger charge is 2.44. The van der Waals surface area contributed by atoms with Crippen LogP contribution in [0.5, 0.6) is 0 Å². The number of hydrogen-bond acceptors (Lipinski definition) is 3. The Balaban J connectivity index is 1.54. The molecule has 3 aliphatic heterocycles. The van der Waals surface area contributed by atoms with Crippen molar-refractivity contribution in [2.75, 3.05) is 24.5 Å². The third kappa shape index (κ3) is 3.19. The highest BCUT2D eigenvalue weighted by molar-refractivity contribution is 7.09. The van der Waals surface area contributed by atoms with Crippen LogP contribution in [0.1, 0.15) is 24.1 Å². The molecule has 2 bridgehead atoms. The maximum Gasteiger partial charge on any atom is 0.469 e. The van der Waals surface area contributed by atoms with E-state index >= 15 is 0 Å². The zero-order chi connectivity index (χ0) is 16.4. The summed E-state index contributed by atoms with van der Waals surface area (Å²) in [7, 11) is 0. The van der Waals surface area contributed by atoms with E-state index in [0.29, 0.717) is 11.2 Å². The van der Waals surface area contributed by atoms with Crippen LogP contribution in [0.2, 0.25) is 0 Å². The van der Waals surface area contributed by atoms with Crippen molar-refractivity contribution in [2.45, 2.75) is 25.8 Å². The number of hydrogen-bond donors (Lipinski definition) is 0. The van der Waals surface area contributed by atoms with Gasteiger partial charge in [0.15, 0.2) is 0 Å². The van der Waals surface area contributed by atoms with Gasteiger partial charge in [-0.3, -0.25) is 9.74 Å². The Hall–Kier alpha value is -1.85. The van der Waals surface area contributed by atoms with E-state index in [1.807, 2.05) is 41.8 Å². The number of para-hydroxylation sites is 1. The summed E-state index contributed by atoms with van der Waals surface area (Å²) in [6.45, 7) is 3.47. The second kappa shape index (κ2) is 6.57. The minimum atomic E-state index is -0.227. The molecule has 4 nitrogen and oxygen atoms in total. The van der Waals surface area contributed by atoms with Gasteiger partial charge >= 0.3 is 6.09 Å². The molecule has 0 spiro atoms. The average Bonchev–Trinajstić information content (AvgIpc) is 3.15. The third-order valence-corrected chi connectivity index (χ3v) is 6.15. The van der Waals surface area contributed by atoms with Crippen molar-refractivity contribution in [3.8, 4) is 0 Å². The second-order valence-corrected chi connectivity index (χ2v) is 7.85. The largest absolute Gasteiger partial charge is 0.469 e. The van der Waals surface area contributed by atoms with Crippen LogP contribution in [-0.4, -0.2) is 30.4 Å². The Bertz CT molecular complexity index is 665. The number of amides is 1. The number of anilines is 1. The molecule has 0 saturated carbocycles. The minimum Gasteiger partial charge on any atom is -0.268 e. The van der Waals surface area contributed by atoms with E-state index in [4.69, 9.17) is 4.84 Å². The fourth-order valence-corrected chi connectivity index (χ4v) is 4.49. The second-order valence-electron chi connectivity index (χ2n) is 6.82. The van der Waals surface area contributed by atoms with Gasteiger partial charge in [-0.2, -0.15) is 0 Å². The van der Waals surface area contributed by atoms with Crippen molar-refractivity contribution in [3.63, 3.8) is 0 Å². The summed E-state index contributed by atoms with van der Waals surface area (Å²) in [5.41, 5.74) is 0.890. The molecule has 3 saturated heterocycles. The summed E-state index contributed by atoms with van der Waals surface area (Å²) < 4.78 is 0.517. The molecule has 5 rings (SSSR count). The van der Waals surface area contributed by atoms with Gasteiger partial charge in [0.05, 0.1) is 6.54 Å². The lowest BCUT2D eigenvalue weighted by Crippen LogP contribution is -2.60. The van der Waals surface area contributed by atoms with Crippen LogP contribution in [0.4, 0.5) is 10.5 Å². The van der Waals surface area contributed by atoms with Crippen molar-refractivity contribution < 1.29 is 14.3 Å². The Labute approximate surface area is 146 Å². The number of carbonyl (C=O) groups excluding carboxylic acids is 1. The first-order valence-electron chi connectivity index (χ1n) is 8.69. The van der Waals surface area contributed by atoms with Crippen molar-refractivity contribution in [1.29, 1.82) is 0 Å². The van der Waals surface area contributed by atoms with Crippen LogP contribution >= 0.6 is 11.3 Å². The van der Waals surface area contributed by atoms with E-state index < -0.39 is 0 Å². The lowest BCUT2D eigenvalue weighted by molar-refractivity contribution is -1.10. The number of nitrogens with zero attached hydrogens (tertiary/aromatic N) is 2. The number of hydroxylamine groups is 3. The molecule has 0 atom stereocenters. The summed E-state index contributed by atoms with van der Waals surface area (Å²) in [5, 5.41) is 2.04. The highest BCUT2D eigenvalue weighted by Crippen LogP contribution is 2.34. The van der Waals surface area contributed by atoms with Gasteiger partial charge in [-0.15, -0.1) is 16.0 Å². The smallest absolute Gasteiger partial charge is 0.268 e. The van der Waals surface area contributed by atoms with E-state index in [0.717, 1.165) is 36.1 Å². The standard InChI is InChI=1S/C19H23N2O2S/c22-19(23-21-11-8-16(9-12-21)10-13-21)20(15-18-7-4-14-24-18)17-5-2-1-3-6-17/h1-7,14,16H,8-13,15H2/q+1. The molecular weight excluding hydrogens is 320 g/mol. The van der Waals surface area contributed by atoms with E-state index in [1.54, 1.807) is 16.2 Å². The topological polar surface area (TPSA) is 29.5 Å². The van der Waals surface area contributed by atoms with Gasteiger partial charge in [-0.25, -0.2) is 4.79 Å². The van der Waals surface area contributed by atoms with Gasteiger partial charge < -0.3 is 0 Å². The molecule has 3 fully saturated rings. The van der Waals surface area contributed by atoms with Crippen molar-refractivity contribution in [1.82, 2.24) is 0 Å². The summed E-state index contributed by atoms with van der Waals surface area (Å²) >= 11 is 1.67. The van der Waals surface area contributed by atoms with Gasteiger partial charge in [0.1, 0.15) is 19.6 Å². The SMILES string of the molecule is O=C(O[N+]12CCC(CC1)CC2)N(Cc1cccs1)c1ccccc1. The lowest BCUT2D eigenvalue weighted by Gasteiger charge is -2.45. The fourth-order valence-electron chi connectivity index (χ4n) is 3.80. The van der Waals surface area contributed by atoms with Gasteiger partial charge in [0.25, 0.3) is 0 Å². The first kappa shape index (κ1) is 15.7. The van der Waals surface area contributed by atoms with Crippen LogP contribution in [0.3, 0.4) is 0 Å². The maximum atomic E-state index is 13.0. The highest BCUT2D eigenvalue weighted by atomic mass is 32.1. The zero-order valence-corrected chi connectivity index (χ0v) is 14.6. The van der Waals surface area contributed by atoms with Crippen molar-refractivity contribution in [2.24, 2.45) is 5.92 Å². The number of fused-ring (bicyclic) bond motifs is 3. The molecule has 1 amide bonds. The van der Waals surface area contributed by atoms with E-state index in [-0.39, 0.29) is 6.09 Å². The average molecular weight is 343 g/mol. The molecule has 0 aliphatic carbocycles. The van der Waals surface area contributed by atoms with Gasteiger partial charge in [0, 0.05) is 29.8 Å². The summed E-state index contributed by atoms with van der Waals surface area (Å²) in [6, 6.07) is 13.9. The monoisotopic (exact) mass is 343 g/mol. The van der Waals surface area contributed by atoms with Crippen molar-refractivity contribution in [3.05, 3.63) is 52.7 Å². The van der Waals surface area contributed by atoms with E-state index in [1.165, 1.54) is 19.3 Å². The Morgan fingerprint density at radius 3 is 2.42 bits per heavy atom. The van der Waals surface area contributed by atoms with Crippen LogP contribution in [0.25, 0.3) is 0 Å². The molecule has 1 aromatic heterocycles. The Kier molecular flexibility index (Phi) is 4.29. The number of carbonyl (C=O) groups is 1. The molecule has 0 N–H and O–H groups in total. The number of rotatable bonds is 4. The fraction of sp³-hybridized carbons (Fsp3) is 0.421. The Morgan fingerprint density at radius 1 is 1.08 bits per heavy atom. The van der Waals surface area contributed by atoms with Crippen molar-refractivity contribution >= 4 is 23.1 Å². The van der Waals surface area contributed by atoms with Gasteiger partial charge in [-0.05, 0) is 29.5 Å². The molecule has 3 aliphatic rings. The first-order valence-corrected chi connectivity index (χ1v) is 9.57. The number of benzene rings is 1. The molecule has 126 valence electrons. The lowest BCUT2D eigenvalue weighted by atomic mass is 9.88. The normalized spacial score (nSPS) is 25.4. The molecule has 1 aromatic carbocycles. The molecule has 0 radical (unpaired) electrons. The van der Waals surface area contributed by atoms with E-state index in [2.05, 4.69) is 6.07 Å². The number of piperidine rings is 3. The molecule has 2 aromatic rings. The van der Waals surface area contributed by atoms with Gasteiger partial charge in [0.2, 0.25) is 0 Å². The predicted octanol–water partition coefficient (Wildman–Crippen LogP) is 4.44. The van der Waals surface area contributed by atoms with Crippen LogP contribution in [0, 0.1) is 5.92 Å². The van der Waals surface area contributed by atoms with Crippen LogP contribution < -0.4 is 4.90 Å². The molecule has 0 unspecified atom stereocenters. The zero-order valence-electron chi connectivity index (χ0n) is 13.8. The van der Waals surface area contributed by atoms with Gasteiger partial charge in [-0.1, -0.05) is 24.3 Å². The minimum absolute atomic E-state index is 0.227. The molecule has 4 heterocycles. The Morgan fingerprint density at radius 2 is 1.79 bits per heavy atom. The predicted molar refractivity (Wildman–Crippen MR) is 95.6 cm³/mol. The molecule has 5 heteroatoms. The molecular formula is C19H23N2O2S+. The van der Waals surface area contributed by atoms with Crippen LogP contribution in [-0.2, 0) is 11.4 Å². The quantitative estimate of drug-likeness (QED) is 0.768. The summed E-state index contributed by atoms with van der Waals surface area (Å²) in [4.78, 5) is 22.0. The third-order valence-electron chi connectivity index (χ3n) is 5.29. The van der Waals surface area contributed by atoms with E-state index in [9.17, 15) is 4.79 Å². The molecule has 24 heavy (non-hydrogen) atoms. The number of thiophene rings is 1. The summed E-state index contributed by atoms with van der Waals surface area (Å²) in [6.07, 6.45) is 3.33. The number of quaternary nitrogens is 1. The summed E-state index contributed by atoms with van der Waals surface area (Å²) in [5.74, 6) is 0.847. The maximum absolute atomic E-state index is 13.0.